The van der Waals surface area contributed by atoms with Crippen LogP contribution in [0.4, 0.5) is 11.4 Å². The summed E-state index contributed by atoms with van der Waals surface area (Å²) in [6.07, 6.45) is 1.41. The number of amides is 2. The molecule has 0 atom stereocenters. The van der Waals surface area contributed by atoms with Gasteiger partial charge < -0.3 is 25.3 Å². The van der Waals surface area contributed by atoms with Crippen LogP contribution < -0.4 is 24.8 Å². The van der Waals surface area contributed by atoms with Crippen LogP contribution in [-0.4, -0.2) is 25.0 Å². The first-order valence-corrected chi connectivity index (χ1v) is 10.7. The maximum atomic E-state index is 12.9. The van der Waals surface area contributed by atoms with Gasteiger partial charge in [-0.1, -0.05) is 6.07 Å². The summed E-state index contributed by atoms with van der Waals surface area (Å²) in [5, 5.41) is 18.3. The monoisotopic (exact) mass is 455 g/mol. The van der Waals surface area contributed by atoms with Gasteiger partial charge in [0, 0.05) is 40.0 Å². The van der Waals surface area contributed by atoms with E-state index in [1.807, 2.05) is 13.0 Å². The van der Waals surface area contributed by atoms with Gasteiger partial charge in [-0.25, -0.2) is 0 Å². The van der Waals surface area contributed by atoms with Crippen molar-refractivity contribution in [1.82, 2.24) is 0 Å². The minimum atomic E-state index is -0.318. The molecule has 4 aromatic rings. The predicted molar refractivity (Wildman–Crippen MR) is 127 cm³/mol. The molecular formula is C26H21N3O5. The molecule has 8 nitrogen and oxygen atoms in total. The number of anilines is 2. The average molecular weight is 455 g/mol. The van der Waals surface area contributed by atoms with E-state index in [9.17, 15) is 14.8 Å². The third kappa shape index (κ3) is 4.21. The second kappa shape index (κ2) is 8.74. The quantitative estimate of drug-likeness (QED) is 0.357. The number of benzene rings is 3. The maximum absolute atomic E-state index is 12.9. The highest BCUT2D eigenvalue weighted by molar-refractivity contribution is 6.08. The molecule has 0 saturated heterocycles. The zero-order chi connectivity index (χ0) is 23.7. The van der Waals surface area contributed by atoms with E-state index in [0.717, 1.165) is 10.3 Å². The molecule has 0 saturated carbocycles. The van der Waals surface area contributed by atoms with Gasteiger partial charge in [0.05, 0.1) is 0 Å². The summed E-state index contributed by atoms with van der Waals surface area (Å²) < 4.78 is 11.8. The van der Waals surface area contributed by atoms with Crippen LogP contribution >= 0.6 is 0 Å². The lowest BCUT2D eigenvalue weighted by Gasteiger charge is -2.18. The summed E-state index contributed by atoms with van der Waals surface area (Å²) >= 11 is 0. The van der Waals surface area contributed by atoms with Gasteiger partial charge in [-0.15, -0.1) is 0 Å². The molecule has 34 heavy (non-hydrogen) atoms. The lowest BCUT2D eigenvalue weighted by molar-refractivity contribution is -0.577. The number of carbonyl (C=O) groups is 2. The molecule has 5 rings (SSSR count). The van der Waals surface area contributed by atoms with Crippen molar-refractivity contribution in [2.24, 2.45) is 0 Å². The van der Waals surface area contributed by atoms with Crippen LogP contribution in [0.15, 0.2) is 72.9 Å². The Balaban J connectivity index is 1.33. The molecule has 170 valence electrons. The van der Waals surface area contributed by atoms with Gasteiger partial charge in [0.25, 0.3) is 11.8 Å². The van der Waals surface area contributed by atoms with Gasteiger partial charge in [0.2, 0.25) is 5.52 Å². The Bertz CT molecular complexity index is 1430. The normalized spacial score (nSPS) is 12.3. The number of hydrogen-bond acceptors (Lipinski definition) is 5. The number of aryl methyl sites for hydroxylation is 1. The fourth-order valence-corrected chi connectivity index (χ4v) is 3.75. The van der Waals surface area contributed by atoms with Gasteiger partial charge in [-0.3, -0.25) is 9.59 Å². The van der Waals surface area contributed by atoms with Crippen molar-refractivity contribution in [3.63, 3.8) is 0 Å². The van der Waals surface area contributed by atoms with Crippen molar-refractivity contribution >= 4 is 34.1 Å². The van der Waals surface area contributed by atoms with Crippen molar-refractivity contribution < 1.29 is 23.8 Å². The molecule has 0 bridgehead atoms. The number of pyridine rings is 1. The molecule has 0 radical (unpaired) electrons. The first-order valence-electron chi connectivity index (χ1n) is 10.7. The Labute approximate surface area is 195 Å². The Morgan fingerprint density at radius 2 is 1.59 bits per heavy atom. The van der Waals surface area contributed by atoms with Crippen LogP contribution in [0.25, 0.3) is 10.9 Å². The lowest BCUT2D eigenvalue weighted by atomic mass is 10.1. The summed E-state index contributed by atoms with van der Waals surface area (Å²) in [6, 6.07) is 18.6. The van der Waals surface area contributed by atoms with Gasteiger partial charge in [0.15, 0.2) is 17.7 Å². The van der Waals surface area contributed by atoms with E-state index >= 15 is 0 Å². The Morgan fingerprint density at radius 3 is 2.44 bits per heavy atom. The molecule has 0 unspecified atom stereocenters. The number of ether oxygens (including phenoxy) is 2. The minimum absolute atomic E-state index is 0.307. The summed E-state index contributed by atoms with van der Waals surface area (Å²) in [6.45, 7) is 2.78. The van der Waals surface area contributed by atoms with E-state index in [1.165, 1.54) is 6.20 Å². The van der Waals surface area contributed by atoms with E-state index < -0.39 is 0 Å². The van der Waals surface area contributed by atoms with E-state index in [1.54, 1.807) is 60.7 Å². The van der Waals surface area contributed by atoms with Gasteiger partial charge >= 0.3 is 0 Å². The van der Waals surface area contributed by atoms with Crippen molar-refractivity contribution in [1.29, 1.82) is 0 Å². The molecule has 2 heterocycles. The fourth-order valence-electron chi connectivity index (χ4n) is 3.75. The first kappa shape index (κ1) is 21.3. The maximum Gasteiger partial charge on any atom is 0.255 e. The molecule has 2 N–H and O–H groups in total. The Hall–Kier alpha value is -4.59. The average Bonchev–Trinajstić information content (AvgIpc) is 2.85. The highest BCUT2D eigenvalue weighted by Crippen LogP contribution is 2.31. The smallest absolute Gasteiger partial charge is 0.255 e. The third-order valence-electron chi connectivity index (χ3n) is 5.57. The molecule has 0 aliphatic carbocycles. The lowest BCUT2D eigenvalue weighted by Crippen LogP contribution is -2.25. The molecule has 1 aliphatic rings. The van der Waals surface area contributed by atoms with Crippen LogP contribution in [0.2, 0.25) is 0 Å². The molecule has 3 aromatic carbocycles. The molecule has 0 spiro atoms. The highest BCUT2D eigenvalue weighted by atomic mass is 16.6. The molecule has 2 amide bonds. The highest BCUT2D eigenvalue weighted by Gasteiger charge is 2.16. The van der Waals surface area contributed by atoms with Crippen LogP contribution in [0.5, 0.6) is 11.5 Å². The van der Waals surface area contributed by atoms with Crippen molar-refractivity contribution in [3.8, 4) is 11.5 Å². The summed E-state index contributed by atoms with van der Waals surface area (Å²) in [4.78, 5) is 25.6. The number of carbonyl (C=O) groups excluding carboxylic acids is 2. The predicted octanol–water partition coefficient (Wildman–Crippen LogP) is 4.06. The molecule has 1 aliphatic heterocycles. The van der Waals surface area contributed by atoms with Crippen LogP contribution in [0.1, 0.15) is 26.3 Å². The molecule has 8 heteroatoms. The van der Waals surface area contributed by atoms with Crippen LogP contribution in [0, 0.1) is 12.1 Å². The zero-order valence-corrected chi connectivity index (χ0v) is 18.3. The number of nitrogens with one attached hydrogen (secondary N) is 2. The van der Waals surface area contributed by atoms with Crippen LogP contribution in [-0.2, 0) is 0 Å². The summed E-state index contributed by atoms with van der Waals surface area (Å²) in [5.41, 5.74) is 3.28. The zero-order valence-electron chi connectivity index (χ0n) is 18.3. The third-order valence-corrected chi connectivity index (χ3v) is 5.57. The van der Waals surface area contributed by atoms with Gasteiger partial charge in [-0.05, 0) is 61.0 Å². The second-order valence-electron chi connectivity index (χ2n) is 7.90. The van der Waals surface area contributed by atoms with Crippen molar-refractivity contribution in [3.05, 3.63) is 94.8 Å². The van der Waals surface area contributed by atoms with E-state index in [-0.39, 0.29) is 11.8 Å². The number of nitrogens with zero attached hydrogens (tertiary/aromatic N) is 1. The Morgan fingerprint density at radius 1 is 0.853 bits per heavy atom. The van der Waals surface area contributed by atoms with Gasteiger partial charge in [0.1, 0.15) is 13.2 Å². The van der Waals surface area contributed by atoms with E-state index in [4.69, 9.17) is 9.47 Å². The topological polar surface area (TPSA) is 104 Å². The van der Waals surface area contributed by atoms with Gasteiger partial charge in [-0.2, -0.15) is 4.73 Å². The van der Waals surface area contributed by atoms with Crippen molar-refractivity contribution in [2.75, 3.05) is 23.8 Å². The molecule has 1 aromatic heterocycles. The fraction of sp³-hybridized carbons (Fsp3) is 0.115. The van der Waals surface area contributed by atoms with E-state index in [0.29, 0.717) is 58.1 Å². The standard InChI is InChI=1S/C26H21N3O5/c1-16-4-7-20(27-25(30)19-6-9-23-24(14-19)34-12-11-33-23)15-21(16)28-26(31)18-5-8-22-17(13-18)3-2-10-29(22)32/h2-10,13-15H,11-12H2,1H3,(H,27,30)(H,28,31). The van der Waals surface area contributed by atoms with Crippen molar-refractivity contribution in [2.45, 2.75) is 6.92 Å². The molecular weight excluding hydrogens is 434 g/mol. The molecule has 0 fully saturated rings. The first-order chi connectivity index (χ1) is 16.5. The largest absolute Gasteiger partial charge is 0.618 e. The second-order valence-corrected chi connectivity index (χ2v) is 7.90. The number of fused-ring (bicyclic) bond motifs is 2. The van der Waals surface area contributed by atoms with Crippen LogP contribution in [0.3, 0.4) is 0 Å². The number of hydrogen-bond donors (Lipinski definition) is 2. The minimum Gasteiger partial charge on any atom is -0.618 e. The SMILES string of the molecule is Cc1ccc(NC(=O)c2ccc3c(c2)OCCO3)cc1NC(=O)c1ccc2c(ccc[n+]2[O-])c1. The number of aromatic nitrogens is 1. The van der Waals surface area contributed by atoms with E-state index in [2.05, 4.69) is 10.6 Å². The number of rotatable bonds is 4. The summed E-state index contributed by atoms with van der Waals surface area (Å²) in [7, 11) is 0. The Kier molecular flexibility index (Phi) is 5.47. The summed E-state index contributed by atoms with van der Waals surface area (Å²) in [5.74, 6) is 0.524.